The number of rotatable bonds is 7. The van der Waals surface area contributed by atoms with Gasteiger partial charge in [0.15, 0.2) is 16.7 Å². The number of hydrogen-bond donors (Lipinski definition) is 0. The highest BCUT2D eigenvalue weighted by Gasteiger charge is 2.22. The number of amides is 1. The Kier molecular flexibility index (Phi) is 5.90. The zero-order valence-electron chi connectivity index (χ0n) is 15.8. The molecule has 0 N–H and O–H groups in total. The molecule has 0 aliphatic rings. The minimum atomic E-state index is -0.0703. The lowest BCUT2D eigenvalue weighted by Gasteiger charge is -2.15. The fourth-order valence-corrected chi connectivity index (χ4v) is 3.51. The number of aryl methyl sites for hydroxylation is 1. The quantitative estimate of drug-likeness (QED) is 0.615. The SMILES string of the molecule is CCc1nc(-c2ncccn2)sc1C(=O)N(C)CCc1noc(C(C)C)n1. The first-order valence-corrected chi connectivity index (χ1v) is 9.66. The number of hydrogen-bond acceptors (Lipinski definition) is 8. The highest BCUT2D eigenvalue weighted by molar-refractivity contribution is 7.17. The second kappa shape index (κ2) is 8.34. The van der Waals surface area contributed by atoms with Gasteiger partial charge in [-0.3, -0.25) is 4.79 Å². The summed E-state index contributed by atoms with van der Waals surface area (Å²) < 4.78 is 5.21. The molecule has 0 unspecified atom stereocenters. The summed E-state index contributed by atoms with van der Waals surface area (Å²) in [6, 6.07) is 1.75. The van der Waals surface area contributed by atoms with Crippen molar-refractivity contribution in [3.05, 3.63) is 40.7 Å². The van der Waals surface area contributed by atoms with Gasteiger partial charge in [-0.2, -0.15) is 4.98 Å². The zero-order chi connectivity index (χ0) is 19.4. The van der Waals surface area contributed by atoms with Crippen LogP contribution in [0.5, 0.6) is 0 Å². The number of carbonyl (C=O) groups is 1. The van der Waals surface area contributed by atoms with Gasteiger partial charge in [0.05, 0.1) is 5.69 Å². The number of thiazole rings is 1. The Balaban J connectivity index is 1.71. The Bertz CT molecular complexity index is 906. The predicted octanol–water partition coefficient (Wildman–Crippen LogP) is 2.98. The molecule has 3 aromatic rings. The minimum absolute atomic E-state index is 0.0703. The third-order valence-electron chi connectivity index (χ3n) is 3.98. The van der Waals surface area contributed by atoms with E-state index in [4.69, 9.17) is 4.52 Å². The van der Waals surface area contributed by atoms with Crippen LogP contribution >= 0.6 is 11.3 Å². The van der Waals surface area contributed by atoms with Gasteiger partial charge in [0.2, 0.25) is 5.89 Å². The van der Waals surface area contributed by atoms with E-state index in [9.17, 15) is 4.79 Å². The van der Waals surface area contributed by atoms with Gasteiger partial charge in [-0.15, -0.1) is 11.3 Å². The number of nitrogens with zero attached hydrogens (tertiary/aromatic N) is 6. The Labute approximate surface area is 161 Å². The standard InChI is InChI=1S/C18H22N6O2S/c1-5-12-14(27-17(21-12)15-19-8-6-9-20-15)18(25)24(4)10-7-13-22-16(11(2)3)26-23-13/h6,8-9,11H,5,7,10H2,1-4H3. The molecule has 0 atom stereocenters. The van der Waals surface area contributed by atoms with Crippen LogP contribution in [-0.4, -0.2) is 49.5 Å². The van der Waals surface area contributed by atoms with Gasteiger partial charge >= 0.3 is 0 Å². The van der Waals surface area contributed by atoms with E-state index in [0.717, 1.165) is 5.69 Å². The van der Waals surface area contributed by atoms with E-state index in [1.807, 2.05) is 20.8 Å². The van der Waals surface area contributed by atoms with E-state index in [0.29, 0.717) is 46.8 Å². The maximum absolute atomic E-state index is 12.9. The van der Waals surface area contributed by atoms with Gasteiger partial charge in [-0.25, -0.2) is 15.0 Å². The van der Waals surface area contributed by atoms with Crippen molar-refractivity contribution in [3.63, 3.8) is 0 Å². The van der Waals surface area contributed by atoms with Crippen LogP contribution in [0.3, 0.4) is 0 Å². The molecule has 142 valence electrons. The molecular formula is C18H22N6O2S. The minimum Gasteiger partial charge on any atom is -0.340 e. The van der Waals surface area contributed by atoms with Crippen molar-refractivity contribution < 1.29 is 9.32 Å². The summed E-state index contributed by atoms with van der Waals surface area (Å²) in [7, 11) is 1.77. The summed E-state index contributed by atoms with van der Waals surface area (Å²) in [6.07, 6.45) is 4.53. The molecule has 0 aliphatic carbocycles. The van der Waals surface area contributed by atoms with Crippen molar-refractivity contribution in [2.45, 2.75) is 39.5 Å². The summed E-state index contributed by atoms with van der Waals surface area (Å²) in [5.41, 5.74) is 0.765. The number of aromatic nitrogens is 5. The highest BCUT2D eigenvalue weighted by atomic mass is 32.1. The summed E-state index contributed by atoms with van der Waals surface area (Å²) in [5.74, 6) is 1.87. The van der Waals surface area contributed by atoms with Gasteiger partial charge < -0.3 is 9.42 Å². The van der Waals surface area contributed by atoms with Crippen LogP contribution in [0.15, 0.2) is 23.0 Å². The van der Waals surface area contributed by atoms with Gasteiger partial charge in [-0.1, -0.05) is 25.9 Å². The van der Waals surface area contributed by atoms with Crippen molar-refractivity contribution in [2.24, 2.45) is 0 Å². The van der Waals surface area contributed by atoms with Crippen LogP contribution in [0.4, 0.5) is 0 Å². The van der Waals surface area contributed by atoms with Gasteiger partial charge in [-0.05, 0) is 12.5 Å². The van der Waals surface area contributed by atoms with Gasteiger partial charge in [0.1, 0.15) is 4.88 Å². The van der Waals surface area contributed by atoms with Crippen molar-refractivity contribution in [1.82, 2.24) is 30.0 Å². The molecular weight excluding hydrogens is 364 g/mol. The summed E-state index contributed by atoms with van der Waals surface area (Å²) in [6.45, 7) is 6.47. The monoisotopic (exact) mass is 386 g/mol. The molecule has 8 nitrogen and oxygen atoms in total. The van der Waals surface area contributed by atoms with Gasteiger partial charge in [0, 0.05) is 38.3 Å². The van der Waals surface area contributed by atoms with E-state index in [1.54, 1.807) is 30.4 Å². The molecule has 3 heterocycles. The van der Waals surface area contributed by atoms with Crippen LogP contribution in [-0.2, 0) is 12.8 Å². The molecule has 0 aliphatic heterocycles. The van der Waals surface area contributed by atoms with Crippen LogP contribution in [0, 0.1) is 0 Å². The average Bonchev–Trinajstić information content (AvgIpc) is 3.33. The van der Waals surface area contributed by atoms with E-state index in [1.165, 1.54) is 11.3 Å². The number of carbonyl (C=O) groups excluding carboxylic acids is 1. The lowest BCUT2D eigenvalue weighted by molar-refractivity contribution is 0.0799. The Morgan fingerprint density at radius 1 is 1.26 bits per heavy atom. The molecule has 0 bridgehead atoms. The van der Waals surface area contributed by atoms with Crippen molar-refractivity contribution in [2.75, 3.05) is 13.6 Å². The van der Waals surface area contributed by atoms with Crippen molar-refractivity contribution >= 4 is 17.2 Å². The first-order chi connectivity index (χ1) is 13.0. The second-order valence-corrected chi connectivity index (χ2v) is 7.40. The van der Waals surface area contributed by atoms with Gasteiger partial charge in [0.25, 0.3) is 5.91 Å². The Hall–Kier alpha value is -2.68. The summed E-state index contributed by atoms with van der Waals surface area (Å²) in [5, 5.41) is 4.63. The van der Waals surface area contributed by atoms with E-state index < -0.39 is 0 Å². The predicted molar refractivity (Wildman–Crippen MR) is 102 cm³/mol. The molecule has 0 aromatic carbocycles. The molecule has 3 aromatic heterocycles. The van der Waals surface area contributed by atoms with Crippen LogP contribution in [0.2, 0.25) is 0 Å². The fraction of sp³-hybridized carbons (Fsp3) is 0.444. The van der Waals surface area contributed by atoms with E-state index in [2.05, 4.69) is 25.1 Å². The maximum Gasteiger partial charge on any atom is 0.265 e. The largest absolute Gasteiger partial charge is 0.340 e. The Morgan fingerprint density at radius 2 is 2.00 bits per heavy atom. The second-order valence-electron chi connectivity index (χ2n) is 6.40. The molecule has 0 fully saturated rings. The number of likely N-dealkylation sites (N-methyl/N-ethyl adjacent to an activating group) is 1. The third-order valence-corrected chi connectivity index (χ3v) is 5.06. The molecule has 1 amide bonds. The van der Waals surface area contributed by atoms with E-state index in [-0.39, 0.29) is 11.8 Å². The van der Waals surface area contributed by atoms with Crippen LogP contribution < -0.4 is 0 Å². The molecule has 0 saturated carbocycles. The first kappa shape index (κ1) is 19.1. The summed E-state index contributed by atoms with van der Waals surface area (Å²) in [4.78, 5) is 32.5. The smallest absolute Gasteiger partial charge is 0.265 e. The fourth-order valence-electron chi connectivity index (χ4n) is 2.41. The van der Waals surface area contributed by atoms with Crippen LogP contribution in [0.25, 0.3) is 10.8 Å². The maximum atomic E-state index is 12.9. The first-order valence-electron chi connectivity index (χ1n) is 8.84. The lowest BCUT2D eigenvalue weighted by atomic mass is 10.2. The van der Waals surface area contributed by atoms with Crippen molar-refractivity contribution in [1.29, 1.82) is 0 Å². The summed E-state index contributed by atoms with van der Waals surface area (Å²) >= 11 is 1.33. The lowest BCUT2D eigenvalue weighted by Crippen LogP contribution is -2.29. The normalized spacial score (nSPS) is 11.1. The molecule has 3 rings (SSSR count). The van der Waals surface area contributed by atoms with E-state index >= 15 is 0 Å². The molecule has 0 spiro atoms. The highest BCUT2D eigenvalue weighted by Crippen LogP contribution is 2.27. The van der Waals surface area contributed by atoms with Crippen LogP contribution in [0.1, 0.15) is 53.8 Å². The average molecular weight is 386 g/mol. The molecule has 0 saturated heterocycles. The topological polar surface area (TPSA) is 97.9 Å². The zero-order valence-corrected chi connectivity index (χ0v) is 16.7. The third kappa shape index (κ3) is 4.36. The molecule has 27 heavy (non-hydrogen) atoms. The molecule has 9 heteroatoms. The van der Waals surface area contributed by atoms with Crippen molar-refractivity contribution in [3.8, 4) is 10.8 Å². The molecule has 0 radical (unpaired) electrons. The Morgan fingerprint density at radius 3 is 2.63 bits per heavy atom.